The van der Waals surface area contributed by atoms with Crippen LogP contribution in [0.15, 0.2) is 6.20 Å². The average Bonchev–Trinajstić information content (AvgIpc) is 2.36. The van der Waals surface area contributed by atoms with Gasteiger partial charge in [-0.05, 0) is 12.5 Å². The van der Waals surface area contributed by atoms with Gasteiger partial charge in [0.05, 0.1) is 6.20 Å². The lowest BCUT2D eigenvalue weighted by Crippen LogP contribution is -2.22. The lowest BCUT2D eigenvalue weighted by Gasteiger charge is -2.03. The van der Waals surface area contributed by atoms with Crippen LogP contribution in [0.25, 0.3) is 0 Å². The molecule has 1 atom stereocenters. The van der Waals surface area contributed by atoms with Gasteiger partial charge in [0.2, 0.25) is 0 Å². The molecule has 1 rings (SSSR count). The van der Waals surface area contributed by atoms with Gasteiger partial charge in [0, 0.05) is 19.2 Å². The number of aliphatic hydroxyl groups is 1. The van der Waals surface area contributed by atoms with Crippen LogP contribution in [0.1, 0.15) is 11.3 Å². The van der Waals surface area contributed by atoms with E-state index < -0.39 is 12.1 Å². The van der Waals surface area contributed by atoms with Crippen molar-refractivity contribution >= 4 is 5.97 Å². The molecule has 0 bridgehead atoms. The first kappa shape index (κ1) is 9.73. The Balaban J connectivity index is 2.74. The fraction of sp³-hybridized carbons (Fsp3) is 0.500. The average molecular weight is 184 g/mol. The smallest absolute Gasteiger partial charge is 0.332 e. The number of hydrogen-bond donors (Lipinski definition) is 2. The lowest BCUT2D eigenvalue weighted by molar-refractivity contribution is -0.146. The Kier molecular flexibility index (Phi) is 2.67. The van der Waals surface area contributed by atoms with E-state index in [1.165, 1.54) is 0 Å². The summed E-state index contributed by atoms with van der Waals surface area (Å²) in [7, 11) is 1.77. The van der Waals surface area contributed by atoms with E-state index in [0.29, 0.717) is 0 Å². The van der Waals surface area contributed by atoms with E-state index in [2.05, 4.69) is 5.10 Å². The quantitative estimate of drug-likeness (QED) is 0.677. The van der Waals surface area contributed by atoms with Crippen LogP contribution < -0.4 is 0 Å². The topological polar surface area (TPSA) is 75.3 Å². The summed E-state index contributed by atoms with van der Waals surface area (Å²) in [6, 6.07) is 0. The van der Waals surface area contributed by atoms with Gasteiger partial charge in [0.25, 0.3) is 0 Å². The van der Waals surface area contributed by atoms with Gasteiger partial charge in [0.1, 0.15) is 0 Å². The monoisotopic (exact) mass is 184 g/mol. The molecule has 0 fully saturated rings. The van der Waals surface area contributed by atoms with Crippen molar-refractivity contribution in [1.82, 2.24) is 9.78 Å². The molecule has 5 nitrogen and oxygen atoms in total. The van der Waals surface area contributed by atoms with Crippen molar-refractivity contribution in [3.63, 3.8) is 0 Å². The van der Waals surface area contributed by atoms with Crippen LogP contribution in [-0.4, -0.2) is 32.1 Å². The molecule has 0 radical (unpaired) electrons. The van der Waals surface area contributed by atoms with Crippen LogP contribution in [0.2, 0.25) is 0 Å². The number of aliphatic hydroxyl groups excluding tert-OH is 1. The van der Waals surface area contributed by atoms with E-state index in [4.69, 9.17) is 10.2 Å². The Morgan fingerprint density at radius 2 is 2.38 bits per heavy atom. The minimum Gasteiger partial charge on any atom is -0.479 e. The van der Waals surface area contributed by atoms with Gasteiger partial charge in [-0.1, -0.05) is 0 Å². The number of aliphatic carboxylic acids is 1. The maximum atomic E-state index is 10.3. The molecule has 0 unspecified atom stereocenters. The van der Waals surface area contributed by atoms with E-state index >= 15 is 0 Å². The summed E-state index contributed by atoms with van der Waals surface area (Å²) in [6.45, 7) is 1.83. The van der Waals surface area contributed by atoms with Crippen molar-refractivity contribution in [2.75, 3.05) is 0 Å². The van der Waals surface area contributed by atoms with Gasteiger partial charge in [-0.3, -0.25) is 4.68 Å². The number of rotatable bonds is 3. The fourth-order valence-corrected chi connectivity index (χ4v) is 1.04. The molecule has 72 valence electrons. The molecule has 0 aliphatic carbocycles. The molecule has 0 aliphatic rings. The highest BCUT2D eigenvalue weighted by atomic mass is 16.4. The highest BCUT2D eigenvalue weighted by molar-refractivity contribution is 5.72. The zero-order valence-electron chi connectivity index (χ0n) is 7.56. The predicted octanol–water partition coefficient (Wildman–Crippen LogP) is -0.283. The summed E-state index contributed by atoms with van der Waals surface area (Å²) in [4.78, 5) is 10.3. The third-order valence-electron chi connectivity index (χ3n) is 2.04. The molecule has 0 aliphatic heterocycles. The van der Waals surface area contributed by atoms with E-state index in [9.17, 15) is 4.79 Å². The third-order valence-corrected chi connectivity index (χ3v) is 2.04. The van der Waals surface area contributed by atoms with Crippen molar-refractivity contribution in [3.05, 3.63) is 17.5 Å². The van der Waals surface area contributed by atoms with Crippen molar-refractivity contribution in [2.24, 2.45) is 7.05 Å². The summed E-state index contributed by atoms with van der Waals surface area (Å²) >= 11 is 0. The Morgan fingerprint density at radius 1 is 1.77 bits per heavy atom. The van der Waals surface area contributed by atoms with Gasteiger partial charge in [-0.25, -0.2) is 4.79 Å². The van der Waals surface area contributed by atoms with Crippen LogP contribution >= 0.6 is 0 Å². The Labute approximate surface area is 75.6 Å². The van der Waals surface area contributed by atoms with Crippen molar-refractivity contribution in [1.29, 1.82) is 0 Å². The number of carboxylic acids is 1. The van der Waals surface area contributed by atoms with Gasteiger partial charge < -0.3 is 10.2 Å². The predicted molar refractivity (Wildman–Crippen MR) is 45.3 cm³/mol. The summed E-state index contributed by atoms with van der Waals surface area (Å²) in [5.74, 6) is -1.21. The zero-order valence-corrected chi connectivity index (χ0v) is 7.56. The first-order chi connectivity index (χ1) is 6.02. The van der Waals surface area contributed by atoms with Crippen LogP contribution in [-0.2, 0) is 18.3 Å². The number of aromatic nitrogens is 2. The minimum absolute atomic E-state index is 0.106. The molecule has 2 N–H and O–H groups in total. The van der Waals surface area contributed by atoms with Gasteiger partial charge in [0.15, 0.2) is 6.10 Å². The van der Waals surface area contributed by atoms with E-state index in [1.54, 1.807) is 17.9 Å². The second-order valence-corrected chi connectivity index (χ2v) is 2.94. The van der Waals surface area contributed by atoms with E-state index in [1.807, 2.05) is 6.92 Å². The molecule has 0 spiro atoms. The van der Waals surface area contributed by atoms with Gasteiger partial charge >= 0.3 is 5.97 Å². The maximum Gasteiger partial charge on any atom is 0.332 e. The van der Waals surface area contributed by atoms with Crippen molar-refractivity contribution in [3.8, 4) is 0 Å². The molecule has 13 heavy (non-hydrogen) atoms. The molecular weight excluding hydrogens is 172 g/mol. The Bertz CT molecular complexity index is 319. The molecule has 5 heteroatoms. The summed E-state index contributed by atoms with van der Waals surface area (Å²) < 4.78 is 1.64. The van der Waals surface area contributed by atoms with Gasteiger partial charge in [-0.2, -0.15) is 5.10 Å². The van der Waals surface area contributed by atoms with E-state index in [-0.39, 0.29) is 6.42 Å². The highest BCUT2D eigenvalue weighted by Gasteiger charge is 2.16. The summed E-state index contributed by atoms with van der Waals surface area (Å²) in [6.07, 6.45) is 0.333. The maximum absolute atomic E-state index is 10.3. The Hall–Kier alpha value is -1.36. The third kappa shape index (κ3) is 2.06. The molecule has 1 aromatic rings. The van der Waals surface area contributed by atoms with Crippen LogP contribution in [0.4, 0.5) is 0 Å². The van der Waals surface area contributed by atoms with Crippen LogP contribution in [0.5, 0.6) is 0 Å². The molecule has 0 saturated heterocycles. The van der Waals surface area contributed by atoms with Crippen LogP contribution in [0.3, 0.4) is 0 Å². The number of carboxylic acid groups (broad SMARTS) is 1. The first-order valence-electron chi connectivity index (χ1n) is 3.90. The fourth-order valence-electron chi connectivity index (χ4n) is 1.04. The lowest BCUT2D eigenvalue weighted by atomic mass is 10.1. The van der Waals surface area contributed by atoms with Crippen molar-refractivity contribution < 1.29 is 15.0 Å². The minimum atomic E-state index is -1.34. The number of aryl methyl sites for hydroxylation is 1. The number of hydrogen-bond acceptors (Lipinski definition) is 3. The SMILES string of the molecule is Cc1c(C[C@@H](O)C(=O)O)cnn1C. The summed E-state index contributed by atoms with van der Waals surface area (Å²) in [5.41, 5.74) is 1.64. The normalized spacial score (nSPS) is 12.8. The largest absolute Gasteiger partial charge is 0.479 e. The second-order valence-electron chi connectivity index (χ2n) is 2.94. The number of nitrogens with zero attached hydrogens (tertiary/aromatic N) is 2. The molecule has 0 amide bonds. The molecule has 1 heterocycles. The van der Waals surface area contributed by atoms with Gasteiger partial charge in [-0.15, -0.1) is 0 Å². The second kappa shape index (κ2) is 3.57. The Morgan fingerprint density at radius 3 is 2.77 bits per heavy atom. The van der Waals surface area contributed by atoms with Crippen LogP contribution in [0, 0.1) is 6.92 Å². The molecule has 0 saturated carbocycles. The highest BCUT2D eigenvalue weighted by Crippen LogP contribution is 2.08. The van der Waals surface area contributed by atoms with E-state index in [0.717, 1.165) is 11.3 Å². The number of carbonyl (C=O) groups is 1. The molecule has 1 aromatic heterocycles. The zero-order chi connectivity index (χ0) is 10.0. The summed E-state index contributed by atoms with van der Waals surface area (Å²) in [5, 5.41) is 21.5. The standard InChI is InChI=1S/C8H12N2O3/c1-5-6(4-9-10(5)2)3-7(11)8(12)13/h4,7,11H,3H2,1-2H3,(H,12,13)/t7-/m1/s1. The van der Waals surface area contributed by atoms with Crippen molar-refractivity contribution in [2.45, 2.75) is 19.4 Å². The first-order valence-corrected chi connectivity index (χ1v) is 3.90. The molecule has 0 aromatic carbocycles. The molecular formula is C8H12N2O3.